The molecular weight excluding hydrogens is 390 g/mol. The van der Waals surface area contributed by atoms with Crippen molar-refractivity contribution >= 4 is 12.1 Å². The smallest absolute Gasteiger partial charge is 0.408 e. The van der Waals surface area contributed by atoms with Gasteiger partial charge in [-0.3, -0.25) is 4.90 Å². The summed E-state index contributed by atoms with van der Waals surface area (Å²) in [5.41, 5.74) is 4.30. The van der Waals surface area contributed by atoms with Crippen molar-refractivity contribution in [3.63, 3.8) is 0 Å². The molecule has 1 N–H and O–H groups in total. The van der Waals surface area contributed by atoms with Gasteiger partial charge in [0.1, 0.15) is 12.6 Å². The van der Waals surface area contributed by atoms with Gasteiger partial charge in [-0.1, -0.05) is 84.9 Å². The van der Waals surface area contributed by atoms with Crippen LogP contribution in [0.5, 0.6) is 0 Å². The van der Waals surface area contributed by atoms with Crippen LogP contribution >= 0.6 is 0 Å². The van der Waals surface area contributed by atoms with E-state index in [0.717, 1.165) is 22.3 Å². The summed E-state index contributed by atoms with van der Waals surface area (Å²) in [7, 11) is 0. The Morgan fingerprint density at radius 1 is 0.903 bits per heavy atom. The average molecular weight is 415 g/mol. The fraction of sp³-hybridized carbons (Fsp3) is 0.231. The van der Waals surface area contributed by atoms with Crippen molar-refractivity contribution in [3.05, 3.63) is 96.1 Å². The third kappa shape index (κ3) is 4.94. The van der Waals surface area contributed by atoms with Gasteiger partial charge in [-0.05, 0) is 41.0 Å². The molecule has 0 unspecified atom stereocenters. The molecule has 0 saturated carbocycles. The average Bonchev–Trinajstić information content (AvgIpc) is 3.23. The predicted octanol–water partition coefficient (Wildman–Crippen LogP) is 5.01. The van der Waals surface area contributed by atoms with Crippen LogP contribution in [0, 0.1) is 5.92 Å². The first-order valence-corrected chi connectivity index (χ1v) is 10.5. The van der Waals surface area contributed by atoms with Gasteiger partial charge in [-0.2, -0.15) is 0 Å². The number of hydrogen-bond donors (Lipinski definition) is 1. The van der Waals surface area contributed by atoms with Crippen LogP contribution in [-0.4, -0.2) is 34.7 Å². The summed E-state index contributed by atoms with van der Waals surface area (Å²) in [6.07, 6.45) is 0.0842. The molecular formula is C26H25NO4. The Morgan fingerprint density at radius 3 is 2.26 bits per heavy atom. The first-order valence-electron chi connectivity index (χ1n) is 10.5. The molecule has 1 aliphatic heterocycles. The van der Waals surface area contributed by atoms with Gasteiger partial charge in [0.15, 0.2) is 0 Å². The minimum atomic E-state index is -1.08. The Kier molecular flexibility index (Phi) is 6.32. The third-order valence-electron chi connectivity index (χ3n) is 5.74. The lowest BCUT2D eigenvalue weighted by molar-refractivity contribution is -0.149. The number of likely N-dealkylation sites (tertiary alicyclic amines) is 1. The molecule has 2 atom stereocenters. The van der Waals surface area contributed by atoms with Gasteiger partial charge in [0.05, 0.1) is 0 Å². The van der Waals surface area contributed by atoms with Crippen molar-refractivity contribution < 1.29 is 19.4 Å². The van der Waals surface area contributed by atoms with E-state index in [4.69, 9.17) is 4.74 Å². The maximum absolute atomic E-state index is 12.7. The summed E-state index contributed by atoms with van der Waals surface area (Å²) in [5, 5.41) is 9.65. The zero-order valence-corrected chi connectivity index (χ0v) is 17.2. The highest BCUT2D eigenvalue weighted by molar-refractivity contribution is 5.81. The molecule has 0 bridgehead atoms. The van der Waals surface area contributed by atoms with Gasteiger partial charge in [0.25, 0.3) is 0 Å². The third-order valence-corrected chi connectivity index (χ3v) is 5.74. The lowest BCUT2D eigenvalue weighted by Crippen LogP contribution is -2.40. The number of carbonyl (C=O) groups is 2. The van der Waals surface area contributed by atoms with Crippen molar-refractivity contribution in [1.82, 2.24) is 4.90 Å². The largest absolute Gasteiger partial charge is 0.465 e. The Morgan fingerprint density at radius 2 is 1.55 bits per heavy atom. The van der Waals surface area contributed by atoms with Crippen LogP contribution in [0.2, 0.25) is 0 Å². The fourth-order valence-corrected chi connectivity index (χ4v) is 4.24. The molecule has 1 heterocycles. The van der Waals surface area contributed by atoms with Crippen molar-refractivity contribution in [2.45, 2.75) is 25.5 Å². The molecule has 0 aliphatic carbocycles. The molecule has 0 aromatic heterocycles. The highest BCUT2D eigenvalue weighted by Crippen LogP contribution is 2.31. The number of esters is 1. The van der Waals surface area contributed by atoms with Crippen molar-refractivity contribution in [2.24, 2.45) is 5.92 Å². The van der Waals surface area contributed by atoms with E-state index in [0.29, 0.717) is 19.4 Å². The molecule has 0 radical (unpaired) electrons. The van der Waals surface area contributed by atoms with Crippen LogP contribution in [0.15, 0.2) is 84.9 Å². The number of nitrogens with zero attached hydrogens (tertiary/aromatic N) is 1. The summed E-state index contributed by atoms with van der Waals surface area (Å²) in [6, 6.07) is 26.9. The molecule has 1 saturated heterocycles. The molecule has 5 nitrogen and oxygen atoms in total. The Labute approximate surface area is 181 Å². The van der Waals surface area contributed by atoms with Gasteiger partial charge < -0.3 is 9.84 Å². The number of ether oxygens (including phenoxy) is 1. The van der Waals surface area contributed by atoms with Crippen molar-refractivity contribution in [2.75, 3.05) is 6.54 Å². The highest BCUT2D eigenvalue weighted by atomic mass is 16.5. The summed E-state index contributed by atoms with van der Waals surface area (Å²) in [5.74, 6) is -0.430. The lowest BCUT2D eigenvalue weighted by Gasteiger charge is -2.19. The standard InChI is InChI=1S/C26H25NO4/c28-25(31-18-19-9-3-1-4-10-19)24-16-20(17-27(24)26(29)30)15-22-13-7-8-14-23(22)21-11-5-2-6-12-21/h1-14,20,24H,15-18H2,(H,29,30)/t20-,24+/m0/s1. The van der Waals surface area contributed by atoms with Crippen LogP contribution in [0.3, 0.4) is 0 Å². The highest BCUT2D eigenvalue weighted by Gasteiger charge is 2.40. The second-order valence-corrected chi connectivity index (χ2v) is 7.87. The molecule has 3 aromatic carbocycles. The molecule has 4 rings (SSSR count). The van der Waals surface area contributed by atoms with Crippen LogP contribution in [-0.2, 0) is 22.6 Å². The molecule has 158 valence electrons. The molecule has 31 heavy (non-hydrogen) atoms. The Hall–Kier alpha value is -3.60. The maximum Gasteiger partial charge on any atom is 0.408 e. The maximum atomic E-state index is 12.7. The van der Waals surface area contributed by atoms with Gasteiger partial charge in [0.2, 0.25) is 0 Å². The molecule has 1 amide bonds. The number of rotatable bonds is 6. The topological polar surface area (TPSA) is 66.8 Å². The van der Waals surface area contributed by atoms with E-state index >= 15 is 0 Å². The van der Waals surface area contributed by atoms with Crippen LogP contribution in [0.25, 0.3) is 11.1 Å². The molecule has 1 fully saturated rings. The minimum absolute atomic E-state index is 0.0511. The van der Waals surface area contributed by atoms with Crippen LogP contribution < -0.4 is 0 Å². The number of hydrogen-bond acceptors (Lipinski definition) is 3. The van der Waals surface area contributed by atoms with E-state index in [1.807, 2.05) is 60.7 Å². The normalized spacial score (nSPS) is 18.0. The summed E-state index contributed by atoms with van der Waals surface area (Å²) >= 11 is 0. The number of benzene rings is 3. The van der Waals surface area contributed by atoms with E-state index in [1.54, 1.807) is 0 Å². The second kappa shape index (κ2) is 9.47. The number of carboxylic acid groups (broad SMARTS) is 1. The van der Waals surface area contributed by atoms with Crippen LogP contribution in [0.4, 0.5) is 4.79 Å². The first-order chi connectivity index (χ1) is 15.1. The molecule has 3 aromatic rings. The summed E-state index contributed by atoms with van der Waals surface area (Å²) in [6.45, 7) is 0.467. The number of carbonyl (C=O) groups excluding carboxylic acids is 1. The Balaban J connectivity index is 1.46. The fourth-order valence-electron chi connectivity index (χ4n) is 4.24. The molecule has 5 heteroatoms. The summed E-state index contributed by atoms with van der Waals surface area (Å²) in [4.78, 5) is 25.7. The monoisotopic (exact) mass is 415 g/mol. The van der Waals surface area contributed by atoms with Crippen LogP contribution in [0.1, 0.15) is 17.5 Å². The van der Waals surface area contributed by atoms with E-state index in [9.17, 15) is 14.7 Å². The quantitative estimate of drug-likeness (QED) is 0.575. The van der Waals surface area contributed by atoms with E-state index in [2.05, 4.69) is 24.3 Å². The minimum Gasteiger partial charge on any atom is -0.465 e. The van der Waals surface area contributed by atoms with Gasteiger partial charge in [-0.15, -0.1) is 0 Å². The predicted molar refractivity (Wildman–Crippen MR) is 118 cm³/mol. The van der Waals surface area contributed by atoms with Gasteiger partial charge in [-0.25, -0.2) is 9.59 Å². The van der Waals surface area contributed by atoms with E-state index < -0.39 is 18.1 Å². The zero-order valence-electron chi connectivity index (χ0n) is 17.2. The first kappa shape index (κ1) is 20.7. The van der Waals surface area contributed by atoms with Gasteiger partial charge in [0, 0.05) is 6.54 Å². The zero-order chi connectivity index (χ0) is 21.6. The van der Waals surface area contributed by atoms with E-state index in [-0.39, 0.29) is 12.5 Å². The lowest BCUT2D eigenvalue weighted by atomic mass is 9.91. The van der Waals surface area contributed by atoms with E-state index in [1.165, 1.54) is 4.90 Å². The molecule has 0 spiro atoms. The van der Waals surface area contributed by atoms with Gasteiger partial charge >= 0.3 is 12.1 Å². The summed E-state index contributed by atoms with van der Waals surface area (Å²) < 4.78 is 5.44. The second-order valence-electron chi connectivity index (χ2n) is 7.87. The Bertz CT molecular complexity index is 1040. The SMILES string of the molecule is O=C(OCc1ccccc1)[C@H]1C[C@H](Cc2ccccc2-c2ccccc2)CN1C(=O)O. The van der Waals surface area contributed by atoms with Crippen molar-refractivity contribution in [1.29, 1.82) is 0 Å². The molecule has 1 aliphatic rings. The van der Waals surface area contributed by atoms with Crippen molar-refractivity contribution in [3.8, 4) is 11.1 Å². The number of amides is 1.